The van der Waals surface area contributed by atoms with Crippen LogP contribution in [0.1, 0.15) is 12.5 Å². The molecule has 1 rings (SSSR count). The van der Waals surface area contributed by atoms with E-state index in [0.29, 0.717) is 6.54 Å². The Labute approximate surface area is 98.4 Å². The average Bonchev–Trinajstić information content (AvgIpc) is 2.27. The molecule has 1 amide bonds. The highest BCUT2D eigenvalue weighted by atomic mass is 32.2. The van der Waals surface area contributed by atoms with Crippen LogP contribution in [0, 0.1) is 0 Å². The number of nitrogens with one attached hydrogen (secondary N) is 1. The predicted molar refractivity (Wildman–Crippen MR) is 59.3 cm³/mol. The Morgan fingerprint density at radius 3 is 2.41 bits per heavy atom. The van der Waals surface area contributed by atoms with Crippen LogP contribution in [0.15, 0.2) is 33.6 Å². The zero-order chi connectivity index (χ0) is 12.9. The van der Waals surface area contributed by atoms with Crippen molar-refractivity contribution in [1.82, 2.24) is 5.32 Å². The quantitative estimate of drug-likeness (QED) is 0.619. The molecule has 0 bridgehead atoms. The van der Waals surface area contributed by atoms with Gasteiger partial charge < -0.3 is 5.32 Å². The molecule has 1 aromatic carbocycles. The molecule has 0 radical (unpaired) electrons. The Bertz CT molecular complexity index is 556. The maximum Gasteiger partial charge on any atom is 0.292 e. The zero-order valence-corrected chi connectivity index (χ0v) is 9.82. The molecule has 0 saturated heterocycles. The summed E-state index contributed by atoms with van der Waals surface area (Å²) < 4.78 is 25.3. The van der Waals surface area contributed by atoms with Crippen LogP contribution in [0.5, 0.6) is 0 Å². The Kier molecular flexibility index (Phi) is 4.14. The molecule has 0 fully saturated rings. The van der Waals surface area contributed by atoms with Crippen molar-refractivity contribution in [3.8, 4) is 0 Å². The maximum absolute atomic E-state index is 11.3. The summed E-state index contributed by atoms with van der Waals surface area (Å²) in [5.74, 6) is -0.174. The number of isocyanates is 1. The van der Waals surface area contributed by atoms with Gasteiger partial charge in [-0.15, -0.1) is 0 Å². The molecule has 0 atom stereocenters. The largest absolute Gasteiger partial charge is 0.352 e. The van der Waals surface area contributed by atoms with Crippen LogP contribution in [0.25, 0.3) is 0 Å². The van der Waals surface area contributed by atoms with E-state index < -0.39 is 10.0 Å². The molecule has 0 heterocycles. The summed E-state index contributed by atoms with van der Waals surface area (Å²) in [5.41, 5.74) is 0.745. The van der Waals surface area contributed by atoms with Crippen molar-refractivity contribution in [2.75, 3.05) is 0 Å². The number of rotatable bonds is 4. The van der Waals surface area contributed by atoms with Crippen LogP contribution >= 0.6 is 0 Å². The first kappa shape index (κ1) is 13.1. The minimum absolute atomic E-state index is 0.0903. The Balaban J connectivity index is 2.88. The Hall–Kier alpha value is -1.98. The van der Waals surface area contributed by atoms with Crippen LogP contribution in [-0.4, -0.2) is 20.4 Å². The van der Waals surface area contributed by atoms with E-state index in [1.54, 1.807) is 0 Å². The lowest BCUT2D eigenvalue weighted by molar-refractivity contribution is -0.119. The maximum atomic E-state index is 11.3. The van der Waals surface area contributed by atoms with E-state index in [4.69, 9.17) is 0 Å². The third kappa shape index (κ3) is 3.82. The molecule has 0 aliphatic rings. The summed E-state index contributed by atoms with van der Waals surface area (Å²) in [6.45, 7) is 1.70. The fraction of sp³-hybridized carbons (Fsp3) is 0.200. The number of nitrogens with zero attached hydrogens (tertiary/aromatic N) is 1. The summed E-state index contributed by atoms with van der Waals surface area (Å²) in [4.78, 5) is 20.5. The SMILES string of the molecule is CC(=O)NCc1ccc(S(=O)(=O)N=C=O)cc1. The van der Waals surface area contributed by atoms with Crippen molar-refractivity contribution in [1.29, 1.82) is 0 Å². The topological polar surface area (TPSA) is 92.7 Å². The molecule has 0 spiro atoms. The van der Waals surface area contributed by atoms with Gasteiger partial charge in [0, 0.05) is 13.5 Å². The molecule has 17 heavy (non-hydrogen) atoms. The number of carbonyl (C=O) groups is 1. The van der Waals surface area contributed by atoms with Gasteiger partial charge in [-0.2, -0.15) is 8.42 Å². The van der Waals surface area contributed by atoms with E-state index >= 15 is 0 Å². The molecular formula is C10H10N2O4S. The van der Waals surface area contributed by atoms with Gasteiger partial charge in [-0.3, -0.25) is 4.79 Å². The molecule has 0 aliphatic heterocycles. The highest BCUT2D eigenvalue weighted by Gasteiger charge is 2.11. The molecule has 1 aromatic rings. The lowest BCUT2D eigenvalue weighted by atomic mass is 10.2. The predicted octanol–water partition coefficient (Wildman–Crippen LogP) is 0.347. The first-order chi connectivity index (χ1) is 7.95. The summed E-state index contributed by atoms with van der Waals surface area (Å²) in [6.07, 6.45) is 0.991. The van der Waals surface area contributed by atoms with E-state index in [1.807, 2.05) is 0 Å². The van der Waals surface area contributed by atoms with Crippen molar-refractivity contribution in [3.63, 3.8) is 0 Å². The van der Waals surface area contributed by atoms with E-state index in [9.17, 15) is 18.0 Å². The summed E-state index contributed by atoms with van der Waals surface area (Å²) in [6, 6.07) is 5.69. The Morgan fingerprint density at radius 1 is 1.35 bits per heavy atom. The highest BCUT2D eigenvalue weighted by Crippen LogP contribution is 2.12. The second-order valence-electron chi connectivity index (χ2n) is 3.21. The van der Waals surface area contributed by atoms with E-state index in [1.165, 1.54) is 31.2 Å². The fourth-order valence-electron chi connectivity index (χ4n) is 1.11. The first-order valence-corrected chi connectivity index (χ1v) is 6.07. The lowest BCUT2D eigenvalue weighted by Crippen LogP contribution is -2.18. The van der Waals surface area contributed by atoms with Crippen molar-refractivity contribution in [2.24, 2.45) is 4.40 Å². The first-order valence-electron chi connectivity index (χ1n) is 4.63. The van der Waals surface area contributed by atoms with Gasteiger partial charge in [0.2, 0.25) is 5.91 Å². The third-order valence-corrected chi connectivity index (χ3v) is 3.10. The molecule has 1 N–H and O–H groups in total. The van der Waals surface area contributed by atoms with Crippen molar-refractivity contribution < 1.29 is 18.0 Å². The highest BCUT2D eigenvalue weighted by molar-refractivity contribution is 7.90. The standard InChI is InChI=1S/C10H10N2O4S/c1-8(14)11-6-9-2-4-10(5-3-9)17(15,16)12-7-13/h2-5H,6H2,1H3,(H,11,14). The number of hydrogen-bond acceptors (Lipinski definition) is 4. The van der Waals surface area contributed by atoms with E-state index in [-0.39, 0.29) is 10.8 Å². The van der Waals surface area contributed by atoms with E-state index in [0.717, 1.165) is 11.6 Å². The molecule has 0 aromatic heterocycles. The third-order valence-electron chi connectivity index (χ3n) is 1.92. The van der Waals surface area contributed by atoms with Gasteiger partial charge in [-0.25, -0.2) is 4.79 Å². The van der Waals surface area contributed by atoms with Gasteiger partial charge in [0.05, 0.1) is 4.90 Å². The summed E-state index contributed by atoms with van der Waals surface area (Å²) >= 11 is 0. The molecule has 0 saturated carbocycles. The summed E-state index contributed by atoms with van der Waals surface area (Å²) in [5, 5.41) is 2.57. The summed E-state index contributed by atoms with van der Waals surface area (Å²) in [7, 11) is -3.94. The van der Waals surface area contributed by atoms with Crippen LogP contribution in [0.3, 0.4) is 0 Å². The van der Waals surface area contributed by atoms with Gasteiger partial charge in [-0.05, 0) is 17.7 Å². The van der Waals surface area contributed by atoms with Crippen molar-refractivity contribution >= 4 is 22.0 Å². The van der Waals surface area contributed by atoms with E-state index in [2.05, 4.69) is 9.71 Å². The van der Waals surface area contributed by atoms with Crippen molar-refractivity contribution in [3.05, 3.63) is 29.8 Å². The van der Waals surface area contributed by atoms with Gasteiger partial charge >= 0.3 is 0 Å². The average molecular weight is 254 g/mol. The minimum Gasteiger partial charge on any atom is -0.352 e. The fourth-order valence-corrected chi connectivity index (χ4v) is 1.79. The van der Waals surface area contributed by atoms with Gasteiger partial charge in [0.25, 0.3) is 16.1 Å². The van der Waals surface area contributed by atoms with Crippen LogP contribution in [-0.2, 0) is 26.2 Å². The minimum atomic E-state index is -3.94. The van der Waals surface area contributed by atoms with Crippen LogP contribution < -0.4 is 5.32 Å². The van der Waals surface area contributed by atoms with Gasteiger partial charge in [-0.1, -0.05) is 16.5 Å². The lowest BCUT2D eigenvalue weighted by Gasteiger charge is -2.03. The molecule has 90 valence electrons. The molecule has 0 aliphatic carbocycles. The number of benzene rings is 1. The number of carbonyl (C=O) groups excluding carboxylic acids is 2. The second kappa shape index (κ2) is 5.38. The number of sulfonamides is 1. The smallest absolute Gasteiger partial charge is 0.292 e. The number of amides is 1. The second-order valence-corrected chi connectivity index (χ2v) is 4.82. The monoisotopic (exact) mass is 254 g/mol. The molecule has 0 unspecified atom stereocenters. The van der Waals surface area contributed by atoms with Gasteiger partial charge in [0.1, 0.15) is 0 Å². The van der Waals surface area contributed by atoms with Crippen molar-refractivity contribution in [2.45, 2.75) is 18.4 Å². The number of hydrogen-bond donors (Lipinski definition) is 1. The Morgan fingerprint density at radius 2 is 1.94 bits per heavy atom. The van der Waals surface area contributed by atoms with Crippen LogP contribution in [0.2, 0.25) is 0 Å². The van der Waals surface area contributed by atoms with Gasteiger partial charge in [0.15, 0.2) is 0 Å². The normalized spacial score (nSPS) is 10.4. The molecule has 7 heteroatoms. The molecular weight excluding hydrogens is 244 g/mol. The molecule has 6 nitrogen and oxygen atoms in total. The zero-order valence-electron chi connectivity index (χ0n) is 9.00. The van der Waals surface area contributed by atoms with Crippen LogP contribution in [0.4, 0.5) is 0 Å².